The van der Waals surface area contributed by atoms with Crippen LogP contribution in [0.1, 0.15) is 31.2 Å². The Kier molecular flexibility index (Phi) is 2.74. The molecule has 0 saturated heterocycles. The predicted octanol–water partition coefficient (Wildman–Crippen LogP) is 2.84. The molecule has 1 N–H and O–H groups in total. The maximum absolute atomic E-state index is 13.4. The first kappa shape index (κ1) is 10.6. The van der Waals surface area contributed by atoms with Crippen molar-refractivity contribution in [3.05, 3.63) is 35.4 Å². The zero-order chi connectivity index (χ0) is 11.0. The SMILES string of the molecule is CCC1C(O)CC1c1cc(F)ccc1F. The number of benzene rings is 1. The Labute approximate surface area is 87.7 Å². The van der Waals surface area contributed by atoms with Gasteiger partial charge in [-0.15, -0.1) is 0 Å². The molecule has 0 aromatic heterocycles. The standard InChI is InChI=1S/C12H14F2O/c1-2-8-9(6-12(8)15)10-5-7(13)3-4-11(10)14/h3-5,8-9,12,15H,2,6H2,1H3. The Morgan fingerprint density at radius 1 is 1.40 bits per heavy atom. The molecule has 1 aromatic rings. The highest BCUT2D eigenvalue weighted by Crippen LogP contribution is 2.45. The second-order valence-corrected chi connectivity index (χ2v) is 4.15. The molecule has 0 spiro atoms. The van der Waals surface area contributed by atoms with Crippen LogP contribution in [0.2, 0.25) is 0 Å². The summed E-state index contributed by atoms with van der Waals surface area (Å²) in [7, 11) is 0. The normalized spacial score (nSPS) is 30.0. The molecule has 1 fully saturated rings. The fourth-order valence-electron chi connectivity index (χ4n) is 2.40. The van der Waals surface area contributed by atoms with Crippen LogP contribution in [-0.2, 0) is 0 Å². The van der Waals surface area contributed by atoms with Crippen molar-refractivity contribution in [1.29, 1.82) is 0 Å². The van der Waals surface area contributed by atoms with Gasteiger partial charge < -0.3 is 5.11 Å². The highest BCUT2D eigenvalue weighted by atomic mass is 19.1. The number of hydrogen-bond donors (Lipinski definition) is 1. The van der Waals surface area contributed by atoms with E-state index in [2.05, 4.69) is 0 Å². The van der Waals surface area contributed by atoms with Crippen LogP contribution in [0.25, 0.3) is 0 Å². The maximum Gasteiger partial charge on any atom is 0.126 e. The Bertz CT molecular complexity index is 365. The first-order valence-electron chi connectivity index (χ1n) is 5.26. The van der Waals surface area contributed by atoms with Gasteiger partial charge in [0.05, 0.1) is 6.10 Å². The van der Waals surface area contributed by atoms with Crippen LogP contribution in [-0.4, -0.2) is 11.2 Å². The van der Waals surface area contributed by atoms with E-state index in [0.717, 1.165) is 18.6 Å². The summed E-state index contributed by atoms with van der Waals surface area (Å²) in [5.41, 5.74) is 0.409. The van der Waals surface area contributed by atoms with Gasteiger partial charge in [0.25, 0.3) is 0 Å². The van der Waals surface area contributed by atoms with Gasteiger partial charge in [0.15, 0.2) is 0 Å². The van der Waals surface area contributed by atoms with E-state index in [1.165, 1.54) is 6.07 Å². The average Bonchev–Trinajstić information content (AvgIpc) is 2.19. The molecule has 1 saturated carbocycles. The Hall–Kier alpha value is -0.960. The van der Waals surface area contributed by atoms with E-state index in [9.17, 15) is 13.9 Å². The molecule has 15 heavy (non-hydrogen) atoms. The first-order chi connectivity index (χ1) is 7.13. The molecule has 3 unspecified atom stereocenters. The lowest BCUT2D eigenvalue weighted by Crippen LogP contribution is -2.39. The van der Waals surface area contributed by atoms with Gasteiger partial charge in [-0.25, -0.2) is 8.78 Å². The molecule has 2 rings (SSSR count). The zero-order valence-electron chi connectivity index (χ0n) is 8.58. The Morgan fingerprint density at radius 2 is 2.13 bits per heavy atom. The quantitative estimate of drug-likeness (QED) is 0.799. The molecule has 1 nitrogen and oxygen atoms in total. The van der Waals surface area contributed by atoms with E-state index >= 15 is 0 Å². The lowest BCUT2D eigenvalue weighted by molar-refractivity contribution is -0.00193. The van der Waals surface area contributed by atoms with Crippen molar-refractivity contribution in [2.45, 2.75) is 31.8 Å². The Balaban J connectivity index is 2.26. The molecule has 0 bridgehead atoms. The van der Waals surface area contributed by atoms with Gasteiger partial charge in [-0.1, -0.05) is 13.3 Å². The van der Waals surface area contributed by atoms with E-state index in [4.69, 9.17) is 0 Å². The molecule has 0 radical (unpaired) electrons. The molecular weight excluding hydrogens is 198 g/mol. The van der Waals surface area contributed by atoms with Crippen LogP contribution in [0.4, 0.5) is 8.78 Å². The van der Waals surface area contributed by atoms with Crippen LogP contribution in [0.15, 0.2) is 18.2 Å². The van der Waals surface area contributed by atoms with Crippen molar-refractivity contribution < 1.29 is 13.9 Å². The molecule has 1 aromatic carbocycles. The number of aliphatic hydroxyl groups is 1. The van der Waals surface area contributed by atoms with Gasteiger partial charge >= 0.3 is 0 Å². The summed E-state index contributed by atoms with van der Waals surface area (Å²) in [4.78, 5) is 0. The van der Waals surface area contributed by atoms with Gasteiger partial charge in [0.1, 0.15) is 11.6 Å². The third-order valence-electron chi connectivity index (χ3n) is 3.34. The van der Waals surface area contributed by atoms with Crippen molar-refractivity contribution in [3.8, 4) is 0 Å². The molecule has 82 valence electrons. The average molecular weight is 212 g/mol. The van der Waals surface area contributed by atoms with Crippen LogP contribution in [0.3, 0.4) is 0 Å². The van der Waals surface area contributed by atoms with E-state index in [1.807, 2.05) is 6.92 Å². The summed E-state index contributed by atoms with van der Waals surface area (Å²) in [6, 6.07) is 3.52. The minimum absolute atomic E-state index is 0.0271. The lowest BCUT2D eigenvalue weighted by Gasteiger charge is -2.41. The molecule has 0 heterocycles. The number of rotatable bonds is 2. The molecule has 0 amide bonds. The second-order valence-electron chi connectivity index (χ2n) is 4.15. The Morgan fingerprint density at radius 3 is 2.73 bits per heavy atom. The second kappa shape index (κ2) is 3.89. The highest BCUT2D eigenvalue weighted by molar-refractivity contribution is 5.26. The number of aliphatic hydroxyl groups excluding tert-OH is 1. The lowest BCUT2D eigenvalue weighted by atomic mass is 9.66. The fourth-order valence-corrected chi connectivity index (χ4v) is 2.40. The van der Waals surface area contributed by atoms with Crippen LogP contribution >= 0.6 is 0 Å². The van der Waals surface area contributed by atoms with Gasteiger partial charge in [-0.3, -0.25) is 0 Å². The summed E-state index contributed by atoms with van der Waals surface area (Å²) in [6.45, 7) is 1.96. The minimum Gasteiger partial charge on any atom is -0.393 e. The van der Waals surface area contributed by atoms with Gasteiger partial charge in [0, 0.05) is 0 Å². The maximum atomic E-state index is 13.4. The van der Waals surface area contributed by atoms with Gasteiger partial charge in [0.2, 0.25) is 0 Å². The summed E-state index contributed by atoms with van der Waals surface area (Å²) in [5.74, 6) is -0.739. The minimum atomic E-state index is -0.414. The number of halogens is 2. The molecule has 1 aliphatic carbocycles. The molecule has 3 atom stereocenters. The molecule has 0 aliphatic heterocycles. The summed E-state index contributed by atoms with van der Waals surface area (Å²) in [6.07, 6.45) is 0.975. The highest BCUT2D eigenvalue weighted by Gasteiger charge is 2.40. The molecule has 1 aliphatic rings. The summed E-state index contributed by atoms with van der Waals surface area (Å²) in [5, 5.41) is 9.48. The van der Waals surface area contributed by atoms with Crippen molar-refractivity contribution in [1.82, 2.24) is 0 Å². The number of hydrogen-bond acceptors (Lipinski definition) is 1. The van der Waals surface area contributed by atoms with Crippen molar-refractivity contribution in [2.75, 3.05) is 0 Å². The van der Waals surface area contributed by atoms with E-state index in [0.29, 0.717) is 12.0 Å². The van der Waals surface area contributed by atoms with Gasteiger partial charge in [-0.05, 0) is 42.0 Å². The zero-order valence-corrected chi connectivity index (χ0v) is 8.58. The van der Waals surface area contributed by atoms with Crippen molar-refractivity contribution >= 4 is 0 Å². The van der Waals surface area contributed by atoms with Crippen molar-refractivity contribution in [3.63, 3.8) is 0 Å². The first-order valence-corrected chi connectivity index (χ1v) is 5.26. The van der Waals surface area contributed by atoms with Gasteiger partial charge in [-0.2, -0.15) is 0 Å². The van der Waals surface area contributed by atoms with E-state index in [1.54, 1.807) is 0 Å². The largest absolute Gasteiger partial charge is 0.393 e. The van der Waals surface area contributed by atoms with Crippen molar-refractivity contribution in [2.24, 2.45) is 5.92 Å². The summed E-state index contributed by atoms with van der Waals surface area (Å²) >= 11 is 0. The van der Waals surface area contributed by atoms with Crippen LogP contribution < -0.4 is 0 Å². The van der Waals surface area contributed by atoms with Crippen LogP contribution in [0.5, 0.6) is 0 Å². The van der Waals surface area contributed by atoms with E-state index in [-0.39, 0.29) is 23.8 Å². The van der Waals surface area contributed by atoms with E-state index < -0.39 is 5.82 Å². The predicted molar refractivity (Wildman–Crippen MR) is 53.5 cm³/mol. The topological polar surface area (TPSA) is 20.2 Å². The van der Waals surface area contributed by atoms with Crippen LogP contribution in [0, 0.1) is 17.6 Å². The fraction of sp³-hybridized carbons (Fsp3) is 0.500. The monoisotopic (exact) mass is 212 g/mol. The smallest absolute Gasteiger partial charge is 0.126 e. The third kappa shape index (κ3) is 1.76. The molecular formula is C12H14F2O. The third-order valence-corrected chi connectivity index (χ3v) is 3.34. The summed E-state index contributed by atoms with van der Waals surface area (Å²) < 4.78 is 26.4. The molecule has 3 heteroatoms.